The first-order valence-electron chi connectivity index (χ1n) is 27.7. The molecule has 430 valence electrons. The van der Waals surface area contributed by atoms with Crippen molar-refractivity contribution >= 4 is 67.3 Å². The van der Waals surface area contributed by atoms with Gasteiger partial charge in [0.15, 0.2) is 11.6 Å². The van der Waals surface area contributed by atoms with Crippen molar-refractivity contribution < 1.29 is 45.9 Å². The topological polar surface area (TPSA) is 213 Å². The number of benzene rings is 3. The van der Waals surface area contributed by atoms with Gasteiger partial charge in [0.25, 0.3) is 0 Å². The molecule has 10 rings (SSSR count). The van der Waals surface area contributed by atoms with Gasteiger partial charge in [-0.2, -0.15) is 12.7 Å². The normalized spacial score (nSPS) is 21.1. The summed E-state index contributed by atoms with van der Waals surface area (Å²) in [7, 11) is -4.37. The number of thiazole rings is 1. The van der Waals surface area contributed by atoms with Crippen LogP contribution in [0.5, 0.6) is 0 Å². The number of carbonyl (C=O) groups excluding carboxylic acids is 4. The fraction of sp³-hybridized carbons (Fsp3) is 0.458. The Morgan fingerprint density at radius 2 is 1.54 bits per heavy atom. The summed E-state index contributed by atoms with van der Waals surface area (Å²) in [6.45, 7) is 13.4. The van der Waals surface area contributed by atoms with Crippen LogP contribution in [0.25, 0.3) is 32.6 Å². The van der Waals surface area contributed by atoms with Crippen LogP contribution in [0.4, 0.5) is 24.5 Å². The Hall–Kier alpha value is -6.56. The summed E-state index contributed by atoms with van der Waals surface area (Å²) < 4.78 is 73.4. The molecule has 2 amide bonds. The lowest BCUT2D eigenvalue weighted by Gasteiger charge is -2.39. The van der Waals surface area contributed by atoms with Crippen molar-refractivity contribution in [2.75, 3.05) is 75.1 Å². The Morgan fingerprint density at radius 3 is 2.21 bits per heavy atom. The minimum Gasteiger partial charge on any atom is -0.393 e. The number of amides is 2. The molecule has 0 spiro atoms. The lowest BCUT2D eigenvalue weighted by molar-refractivity contribution is -0.137. The van der Waals surface area contributed by atoms with E-state index in [1.807, 2.05) is 86.5 Å². The number of aromatic amines is 1. The van der Waals surface area contributed by atoms with Crippen LogP contribution in [-0.4, -0.2) is 150 Å². The number of aromatic nitrogens is 3. The number of halogens is 3. The van der Waals surface area contributed by atoms with Gasteiger partial charge < -0.3 is 30.5 Å². The Kier molecular flexibility index (Phi) is 17.2. The zero-order valence-corrected chi connectivity index (χ0v) is 47.5. The van der Waals surface area contributed by atoms with Gasteiger partial charge in [-0.3, -0.25) is 28.8 Å². The predicted octanol–water partition coefficient (Wildman–Crippen LogP) is 7.51. The molecule has 3 aromatic carbocycles. The number of hydrogen-bond acceptors (Lipinski definition) is 13. The number of aryl methyl sites for hydroxylation is 1. The van der Waals surface area contributed by atoms with Crippen LogP contribution in [0.3, 0.4) is 0 Å². The van der Waals surface area contributed by atoms with Crippen molar-refractivity contribution in [3.8, 4) is 21.6 Å². The summed E-state index contributed by atoms with van der Waals surface area (Å²) >= 11 is 1.58. The van der Waals surface area contributed by atoms with Gasteiger partial charge in [-0.05, 0) is 97.4 Å². The third-order valence-electron chi connectivity index (χ3n) is 16.4. The number of carbonyl (C=O) groups is 4. The molecule has 0 radical (unpaired) electrons. The number of fused-ring (bicyclic) bond motifs is 1. The molecule has 1 unspecified atom stereocenters. The molecule has 1 aliphatic carbocycles. The second kappa shape index (κ2) is 24.1. The molecule has 4 aliphatic rings. The van der Waals surface area contributed by atoms with Crippen LogP contribution in [0.2, 0.25) is 0 Å². The number of piperidine rings is 1. The first-order chi connectivity index (χ1) is 38.7. The zero-order valence-electron chi connectivity index (χ0n) is 45.9. The van der Waals surface area contributed by atoms with Gasteiger partial charge in [-0.1, -0.05) is 57.2 Å². The highest BCUT2D eigenvalue weighted by Gasteiger charge is 2.47. The number of piperazine rings is 1. The molecule has 6 heterocycles. The summed E-state index contributed by atoms with van der Waals surface area (Å²) in [6.07, 6.45) is 3.16. The maximum Gasteiger partial charge on any atom is 0.301 e. The summed E-state index contributed by atoms with van der Waals surface area (Å²) in [5.41, 5.74) is 5.33. The van der Waals surface area contributed by atoms with Crippen molar-refractivity contribution in [2.45, 2.75) is 84.7 Å². The van der Waals surface area contributed by atoms with E-state index in [0.29, 0.717) is 35.6 Å². The fourth-order valence-corrected chi connectivity index (χ4v) is 13.9. The molecule has 3 aliphatic heterocycles. The highest BCUT2D eigenvalue weighted by molar-refractivity contribution is 7.90. The number of Topliss-reactive ketones (excluding diaryl/α,β-unsaturated/α-hetero) is 1. The molecule has 17 nitrogen and oxygen atoms in total. The number of ketones is 2. The number of aliphatic hydroxyl groups excluding tert-OH is 1. The molecule has 22 heteroatoms. The first-order valence-corrected chi connectivity index (χ1v) is 30.0. The van der Waals surface area contributed by atoms with Crippen molar-refractivity contribution in [1.82, 2.24) is 39.7 Å². The zero-order chi connectivity index (χ0) is 57.3. The Balaban J connectivity index is 0.678. The highest BCUT2D eigenvalue weighted by atomic mass is 32.2. The molecule has 5 N–H and O–H groups in total. The largest absolute Gasteiger partial charge is 0.393 e. The molecule has 6 aromatic rings. The van der Waals surface area contributed by atoms with E-state index in [1.165, 1.54) is 6.20 Å². The minimum absolute atomic E-state index is 0.00425. The Morgan fingerprint density at radius 1 is 0.852 bits per heavy atom. The predicted molar refractivity (Wildman–Crippen MR) is 306 cm³/mol. The second-order valence-corrected chi connectivity index (χ2v) is 25.7. The van der Waals surface area contributed by atoms with Crippen molar-refractivity contribution in [2.24, 2.45) is 23.2 Å². The molecule has 4 fully saturated rings. The number of aliphatic hydroxyl groups is 1. The minimum atomic E-state index is -4.37. The molecule has 5 atom stereocenters. The van der Waals surface area contributed by atoms with Crippen LogP contribution in [0.1, 0.15) is 80.1 Å². The number of H-pyrrole nitrogens is 1. The lowest BCUT2D eigenvalue weighted by Crippen LogP contribution is -2.56. The van der Waals surface area contributed by atoms with Crippen LogP contribution in [-0.2, 0) is 31.1 Å². The van der Waals surface area contributed by atoms with Crippen molar-refractivity contribution in [3.63, 3.8) is 0 Å². The van der Waals surface area contributed by atoms with E-state index < -0.39 is 81.0 Å². The van der Waals surface area contributed by atoms with E-state index in [0.717, 1.165) is 95.0 Å². The maximum absolute atomic E-state index is 15.8. The molecule has 3 saturated heterocycles. The molecule has 1 saturated carbocycles. The highest BCUT2D eigenvalue weighted by Crippen LogP contribution is 2.38. The fourth-order valence-electron chi connectivity index (χ4n) is 11.8. The summed E-state index contributed by atoms with van der Waals surface area (Å²) in [5.74, 6) is -5.27. The Bertz CT molecular complexity index is 3390. The number of hydrogen-bond donors (Lipinski definition) is 5. The van der Waals surface area contributed by atoms with E-state index in [2.05, 4.69) is 40.3 Å². The third-order valence-corrected chi connectivity index (χ3v) is 18.9. The average molecular weight is 1150 g/mol. The van der Waals surface area contributed by atoms with Gasteiger partial charge in [0.05, 0.1) is 51.9 Å². The second-order valence-electron chi connectivity index (χ2n) is 23.1. The third kappa shape index (κ3) is 13.1. The lowest BCUT2D eigenvalue weighted by atomic mass is 9.77. The van der Waals surface area contributed by atoms with Gasteiger partial charge in [0.2, 0.25) is 17.6 Å². The van der Waals surface area contributed by atoms with E-state index >= 15 is 8.78 Å². The summed E-state index contributed by atoms with van der Waals surface area (Å²) in [4.78, 5) is 75.2. The maximum atomic E-state index is 15.8. The van der Waals surface area contributed by atoms with Crippen molar-refractivity contribution in [3.05, 3.63) is 119 Å². The van der Waals surface area contributed by atoms with Gasteiger partial charge in [-0.15, -0.1) is 11.3 Å². The van der Waals surface area contributed by atoms with Gasteiger partial charge >= 0.3 is 10.2 Å². The molecule has 81 heavy (non-hydrogen) atoms. The van der Waals surface area contributed by atoms with Crippen LogP contribution < -0.4 is 20.3 Å². The van der Waals surface area contributed by atoms with E-state index in [9.17, 15) is 37.1 Å². The molecule has 0 bridgehead atoms. The summed E-state index contributed by atoms with van der Waals surface area (Å²) in [5, 5.41) is 17.1. The van der Waals surface area contributed by atoms with E-state index in [4.69, 9.17) is 0 Å². The van der Waals surface area contributed by atoms with Gasteiger partial charge in [0, 0.05) is 106 Å². The van der Waals surface area contributed by atoms with Crippen LogP contribution in [0, 0.1) is 41.7 Å². The first kappa shape index (κ1) is 57.7. The van der Waals surface area contributed by atoms with Crippen LogP contribution in [0.15, 0.2) is 84.6 Å². The van der Waals surface area contributed by atoms with Crippen LogP contribution >= 0.6 is 11.3 Å². The number of nitrogens with one attached hydrogen (secondary N) is 4. The number of alkyl halides is 1. The number of pyridine rings is 1. The number of nitrogens with zero attached hydrogens (tertiary/aromatic N) is 6. The summed E-state index contributed by atoms with van der Waals surface area (Å²) in [6, 6.07) is 18.5. The van der Waals surface area contributed by atoms with Gasteiger partial charge in [0.1, 0.15) is 17.6 Å². The Labute approximate surface area is 473 Å². The number of rotatable bonds is 18. The SMILES string of the molecule is Cc1ncsc1-c1ccc(CNC(=O)[C@@H]2C[C@@H](O)CC2C(=O)[C@@H](NC(=O)CN2CCN(CC3CCN(c4ccc(-c5cnc6[nH]cc(C(=O)c7c(F)ccc(NS(=O)(=O)N8CC[C@@H](F)C8)c7F)c6c5)cc4)CC3)CC2)C(C)(C)C)cc1. The number of anilines is 2. The van der Waals surface area contributed by atoms with Gasteiger partial charge in [-0.25, -0.2) is 23.1 Å². The van der Waals surface area contributed by atoms with E-state index in [1.54, 1.807) is 23.6 Å². The molecular formula is C59H69F3N10O7S2. The smallest absolute Gasteiger partial charge is 0.301 e. The quantitative estimate of drug-likeness (QED) is 0.0530. The average Bonchev–Trinajstić information content (AvgIpc) is 4.41. The standard InChI is InChI=1S/C59H69F3N10O7S2/c1-35-55(80-34-66-35)39-7-5-36(6-8-39)28-65-58(77)46-27-43(73)26-44(46)54(76)56(59(2,3)4)67-50(74)33-70-23-21-69(22-24-70)31-37-15-18-71(19-16-37)42-11-9-38(10-12-42)40-25-45-47(30-64-57(45)63-29-40)53(75)51-48(61)13-14-49(52(51)62)68-81(78,79)72-20-17-41(60)32-72/h5-14,25,29-30,34,37,41,43-44,46,56,68,73H,15-24,26-28,31-33H2,1-4H3,(H,63,64)(H,65,77)(H,67,74)/t41-,43+,44?,46-,56-/m1/s1. The van der Waals surface area contributed by atoms with Crippen molar-refractivity contribution in [1.29, 1.82) is 0 Å². The van der Waals surface area contributed by atoms with E-state index in [-0.39, 0.29) is 62.1 Å². The monoisotopic (exact) mass is 1150 g/mol. The molecular weight excluding hydrogens is 1080 g/mol. The molecule has 3 aromatic heterocycles.